The summed E-state index contributed by atoms with van der Waals surface area (Å²) < 4.78 is 34.2. The Labute approximate surface area is 249 Å². The summed E-state index contributed by atoms with van der Waals surface area (Å²) >= 11 is 18.4. The first kappa shape index (κ1) is 31.5. The van der Waals surface area contributed by atoms with Crippen molar-refractivity contribution in [1.82, 2.24) is 10.2 Å². The Kier molecular flexibility index (Phi) is 11.1. The van der Waals surface area contributed by atoms with Crippen molar-refractivity contribution in [2.45, 2.75) is 37.8 Å². The van der Waals surface area contributed by atoms with Gasteiger partial charge in [0.1, 0.15) is 18.3 Å². The van der Waals surface area contributed by atoms with Crippen LogP contribution in [0.15, 0.2) is 71.6 Å². The van der Waals surface area contributed by atoms with Gasteiger partial charge < -0.3 is 15.0 Å². The van der Waals surface area contributed by atoms with Crippen molar-refractivity contribution in [2.24, 2.45) is 0 Å². The Morgan fingerprint density at radius 3 is 2.10 bits per heavy atom. The second-order valence-electron chi connectivity index (χ2n) is 8.69. The van der Waals surface area contributed by atoms with Crippen molar-refractivity contribution in [3.63, 3.8) is 0 Å². The highest BCUT2D eigenvalue weighted by Crippen LogP contribution is 2.28. The molecule has 0 radical (unpaired) electrons. The molecule has 0 aromatic heterocycles. The molecular formula is C28H30Cl3N3O5S. The lowest BCUT2D eigenvalue weighted by molar-refractivity contribution is -0.140. The maximum Gasteiger partial charge on any atom is 0.264 e. The fraction of sp³-hybridized carbons (Fsp3) is 0.286. The molecule has 0 aliphatic heterocycles. The normalized spacial score (nSPS) is 11.9. The number of benzene rings is 3. The third-order valence-corrected chi connectivity index (χ3v) is 8.73. The molecule has 40 heavy (non-hydrogen) atoms. The lowest BCUT2D eigenvalue weighted by Crippen LogP contribution is -2.51. The number of likely N-dealkylation sites (N-methyl/N-ethyl adjacent to an activating group) is 1. The number of nitrogens with one attached hydrogen (secondary N) is 1. The molecule has 3 aromatic carbocycles. The first-order chi connectivity index (χ1) is 19.0. The molecule has 0 fully saturated rings. The van der Waals surface area contributed by atoms with Crippen LogP contribution in [0.5, 0.6) is 5.75 Å². The zero-order valence-corrected chi connectivity index (χ0v) is 25.3. The van der Waals surface area contributed by atoms with E-state index in [0.29, 0.717) is 33.0 Å². The van der Waals surface area contributed by atoms with Gasteiger partial charge in [-0.3, -0.25) is 13.9 Å². The number of carbonyl (C=O) groups excluding carboxylic acids is 2. The highest BCUT2D eigenvalue weighted by Gasteiger charge is 2.33. The number of rotatable bonds is 12. The van der Waals surface area contributed by atoms with Gasteiger partial charge >= 0.3 is 0 Å². The fourth-order valence-electron chi connectivity index (χ4n) is 4.06. The summed E-state index contributed by atoms with van der Waals surface area (Å²) in [5.74, 6) is -0.451. The number of carbonyl (C=O) groups is 2. The molecule has 0 bridgehead atoms. The van der Waals surface area contributed by atoms with Crippen LogP contribution >= 0.6 is 34.8 Å². The summed E-state index contributed by atoms with van der Waals surface area (Å²) in [6, 6.07) is 16.0. The summed E-state index contributed by atoms with van der Waals surface area (Å²) in [4.78, 5) is 28.0. The zero-order chi connectivity index (χ0) is 29.4. The van der Waals surface area contributed by atoms with E-state index in [0.717, 1.165) is 4.31 Å². The zero-order valence-electron chi connectivity index (χ0n) is 22.2. The third-order valence-electron chi connectivity index (χ3n) is 6.10. The molecule has 3 aromatic rings. The van der Waals surface area contributed by atoms with Gasteiger partial charge in [0.2, 0.25) is 11.8 Å². The molecule has 1 atom stereocenters. The van der Waals surface area contributed by atoms with E-state index in [1.165, 1.54) is 36.2 Å². The Balaban J connectivity index is 2.07. The van der Waals surface area contributed by atoms with Crippen molar-refractivity contribution in [1.29, 1.82) is 0 Å². The number of nitrogens with zero attached hydrogens (tertiary/aromatic N) is 2. The standard InChI is InChI=1S/C28H30Cl3N3O5S/c1-4-26(28(36)32-3)33(17-19-6-7-21(30)16-25(19)31)27(35)18-34(22-10-12-23(13-11-22)39-5-2)40(37,38)24-14-8-20(29)9-15-24/h6-16,26H,4-5,17-18H2,1-3H3,(H,32,36)/t26-/m1/s1. The van der Waals surface area contributed by atoms with E-state index in [-0.39, 0.29) is 23.5 Å². The van der Waals surface area contributed by atoms with Gasteiger partial charge in [-0.15, -0.1) is 0 Å². The largest absolute Gasteiger partial charge is 0.494 e. The van der Waals surface area contributed by atoms with E-state index in [9.17, 15) is 18.0 Å². The third kappa shape index (κ3) is 7.60. The molecule has 0 unspecified atom stereocenters. The highest BCUT2D eigenvalue weighted by atomic mass is 35.5. The van der Waals surface area contributed by atoms with Crippen LogP contribution in [-0.4, -0.2) is 51.4 Å². The average molecular weight is 627 g/mol. The maximum absolute atomic E-state index is 14.0. The summed E-state index contributed by atoms with van der Waals surface area (Å²) in [5.41, 5.74) is 0.791. The number of anilines is 1. The van der Waals surface area contributed by atoms with Gasteiger partial charge in [-0.25, -0.2) is 8.42 Å². The van der Waals surface area contributed by atoms with Gasteiger partial charge in [0, 0.05) is 28.7 Å². The van der Waals surface area contributed by atoms with Crippen molar-refractivity contribution in [2.75, 3.05) is 24.5 Å². The summed E-state index contributed by atoms with van der Waals surface area (Å²) in [6.45, 7) is 3.40. The molecule has 0 spiro atoms. The van der Waals surface area contributed by atoms with Crippen molar-refractivity contribution in [3.8, 4) is 5.75 Å². The minimum atomic E-state index is -4.23. The first-order valence-electron chi connectivity index (χ1n) is 12.5. The van der Waals surface area contributed by atoms with Crippen molar-refractivity contribution in [3.05, 3.63) is 87.4 Å². The minimum absolute atomic E-state index is 0.0428. The second kappa shape index (κ2) is 14.1. The molecule has 0 saturated carbocycles. The molecule has 1 N–H and O–H groups in total. The van der Waals surface area contributed by atoms with Gasteiger partial charge in [0.25, 0.3) is 10.0 Å². The van der Waals surface area contributed by atoms with E-state index in [2.05, 4.69) is 5.32 Å². The molecule has 8 nitrogen and oxygen atoms in total. The van der Waals surface area contributed by atoms with Crippen LogP contribution in [0.1, 0.15) is 25.8 Å². The van der Waals surface area contributed by atoms with Gasteiger partial charge in [-0.05, 0) is 79.6 Å². The molecule has 0 aliphatic rings. The Morgan fingerprint density at radius 1 is 0.925 bits per heavy atom. The van der Waals surface area contributed by atoms with Crippen molar-refractivity contribution < 1.29 is 22.7 Å². The van der Waals surface area contributed by atoms with E-state index in [4.69, 9.17) is 39.5 Å². The lowest BCUT2D eigenvalue weighted by Gasteiger charge is -2.33. The van der Waals surface area contributed by atoms with E-state index >= 15 is 0 Å². The van der Waals surface area contributed by atoms with Gasteiger partial charge in [-0.1, -0.05) is 47.8 Å². The van der Waals surface area contributed by atoms with Crippen molar-refractivity contribution >= 4 is 62.3 Å². The Morgan fingerprint density at radius 2 is 1.55 bits per heavy atom. The smallest absolute Gasteiger partial charge is 0.264 e. The Hall–Kier alpha value is -2.98. The molecule has 0 aliphatic carbocycles. The van der Waals surface area contributed by atoms with Gasteiger partial charge in [0.05, 0.1) is 17.2 Å². The van der Waals surface area contributed by atoms with Crippen LogP contribution < -0.4 is 14.4 Å². The van der Waals surface area contributed by atoms with Crippen LogP contribution in [0.4, 0.5) is 5.69 Å². The van der Waals surface area contributed by atoms with Crippen LogP contribution in [-0.2, 0) is 26.2 Å². The SMILES string of the molecule is CCOc1ccc(N(CC(=O)N(Cc2ccc(Cl)cc2Cl)[C@H](CC)C(=O)NC)S(=O)(=O)c2ccc(Cl)cc2)cc1. The van der Waals surface area contributed by atoms with E-state index < -0.39 is 34.4 Å². The van der Waals surface area contributed by atoms with E-state index in [1.807, 2.05) is 6.92 Å². The molecular weight excluding hydrogens is 597 g/mol. The fourth-order valence-corrected chi connectivity index (χ4v) is 6.07. The molecule has 3 rings (SSSR count). The molecule has 0 heterocycles. The number of hydrogen-bond donors (Lipinski definition) is 1. The van der Waals surface area contributed by atoms with Crippen LogP contribution in [0, 0.1) is 0 Å². The van der Waals surface area contributed by atoms with Crippen LogP contribution in [0.3, 0.4) is 0 Å². The quantitative estimate of drug-likeness (QED) is 0.274. The molecule has 214 valence electrons. The minimum Gasteiger partial charge on any atom is -0.494 e. The van der Waals surface area contributed by atoms with Gasteiger partial charge in [0.15, 0.2) is 0 Å². The lowest BCUT2D eigenvalue weighted by atomic mass is 10.1. The number of sulfonamides is 1. The number of ether oxygens (including phenoxy) is 1. The maximum atomic E-state index is 14.0. The highest BCUT2D eigenvalue weighted by molar-refractivity contribution is 7.92. The predicted octanol–water partition coefficient (Wildman–Crippen LogP) is 5.79. The predicted molar refractivity (Wildman–Crippen MR) is 159 cm³/mol. The summed E-state index contributed by atoms with van der Waals surface area (Å²) in [6.07, 6.45) is 0.281. The number of hydrogen-bond acceptors (Lipinski definition) is 5. The van der Waals surface area contributed by atoms with Crippen LogP contribution in [0.2, 0.25) is 15.1 Å². The Bertz CT molecular complexity index is 1430. The number of halogens is 3. The van der Waals surface area contributed by atoms with Crippen LogP contribution in [0.25, 0.3) is 0 Å². The van der Waals surface area contributed by atoms with E-state index in [1.54, 1.807) is 49.4 Å². The summed E-state index contributed by atoms with van der Waals surface area (Å²) in [5, 5.41) is 3.68. The molecule has 0 saturated heterocycles. The second-order valence-corrected chi connectivity index (χ2v) is 11.8. The monoisotopic (exact) mass is 625 g/mol. The number of amides is 2. The first-order valence-corrected chi connectivity index (χ1v) is 15.0. The van der Waals surface area contributed by atoms with Gasteiger partial charge in [-0.2, -0.15) is 0 Å². The summed E-state index contributed by atoms with van der Waals surface area (Å²) in [7, 11) is -2.75. The molecule has 2 amide bonds. The molecule has 12 heteroatoms. The average Bonchev–Trinajstić information content (AvgIpc) is 2.93. The topological polar surface area (TPSA) is 96.0 Å².